The van der Waals surface area contributed by atoms with Crippen molar-refractivity contribution in [1.82, 2.24) is 29.6 Å². The van der Waals surface area contributed by atoms with Crippen molar-refractivity contribution in [3.05, 3.63) is 24.5 Å². The normalized spacial score (nSPS) is 14.2. The second-order valence-corrected chi connectivity index (χ2v) is 6.13. The Morgan fingerprint density at radius 2 is 2.17 bits per heavy atom. The van der Waals surface area contributed by atoms with E-state index in [4.69, 9.17) is 9.63 Å². The second kappa shape index (κ2) is 7.39. The van der Waals surface area contributed by atoms with Gasteiger partial charge in [0, 0.05) is 12.4 Å². The Balaban J connectivity index is 2.00. The Hall–Kier alpha value is -2.48. The average Bonchev–Trinajstić information content (AvgIpc) is 3.00. The Morgan fingerprint density at radius 3 is 2.75 bits per heavy atom. The molecule has 0 amide bonds. The van der Waals surface area contributed by atoms with Crippen LogP contribution in [-0.2, 0) is 21.5 Å². The minimum Gasteiger partial charge on any atom is -0.480 e. The average molecular weight is 358 g/mol. The number of rotatable bonds is 8. The number of hydrogen-bond donors (Lipinski definition) is 4. The zero-order valence-electron chi connectivity index (χ0n) is 12.3. The van der Waals surface area contributed by atoms with Crippen LogP contribution in [0.25, 0.3) is 11.5 Å². The molecule has 0 fully saturated rings. The molecule has 0 aliphatic rings. The lowest BCUT2D eigenvalue weighted by atomic mass is 10.2. The Morgan fingerprint density at radius 1 is 1.42 bits per heavy atom. The van der Waals surface area contributed by atoms with E-state index in [0.29, 0.717) is 5.69 Å². The highest BCUT2D eigenvalue weighted by molar-refractivity contribution is 7.87. The van der Waals surface area contributed by atoms with Gasteiger partial charge in [-0.2, -0.15) is 22.8 Å². The van der Waals surface area contributed by atoms with Crippen molar-refractivity contribution in [2.24, 2.45) is 0 Å². The minimum atomic E-state index is -4.22. The fourth-order valence-corrected chi connectivity index (χ4v) is 2.59. The Bertz CT molecular complexity index is 792. The molecule has 12 nitrogen and oxygen atoms in total. The number of nitrogens with one attached hydrogen (secondary N) is 2. The third-order valence-electron chi connectivity index (χ3n) is 2.70. The van der Waals surface area contributed by atoms with Gasteiger partial charge in [0.25, 0.3) is 10.2 Å². The van der Waals surface area contributed by atoms with E-state index in [-0.39, 0.29) is 18.3 Å². The molecule has 4 N–H and O–H groups in total. The van der Waals surface area contributed by atoms with E-state index in [9.17, 15) is 18.3 Å². The summed E-state index contributed by atoms with van der Waals surface area (Å²) in [6.07, 6.45) is 2.87. The summed E-state index contributed by atoms with van der Waals surface area (Å²) in [5, 5.41) is 21.8. The molecule has 2 aromatic heterocycles. The first kappa shape index (κ1) is 17.9. The monoisotopic (exact) mass is 358 g/mol. The van der Waals surface area contributed by atoms with Crippen LogP contribution in [0.2, 0.25) is 0 Å². The maximum Gasteiger partial charge on any atom is 0.324 e. The molecule has 0 aliphatic heterocycles. The summed E-state index contributed by atoms with van der Waals surface area (Å²) >= 11 is 0. The van der Waals surface area contributed by atoms with Gasteiger partial charge in [-0.05, 0) is 6.92 Å². The predicted octanol–water partition coefficient (Wildman–Crippen LogP) is -1.72. The number of aliphatic carboxylic acids is 1. The van der Waals surface area contributed by atoms with Crippen molar-refractivity contribution in [3.63, 3.8) is 0 Å². The van der Waals surface area contributed by atoms with Crippen LogP contribution in [0.4, 0.5) is 0 Å². The molecule has 1 unspecified atom stereocenters. The Kier molecular flexibility index (Phi) is 5.50. The molecule has 0 aliphatic carbocycles. The zero-order chi connectivity index (χ0) is 17.7. The first-order chi connectivity index (χ1) is 11.3. The SMILES string of the molecule is CC(O)[C@H](NS(=O)(=O)NCc1nc(-c2cnccn2)no1)C(=O)O. The molecule has 24 heavy (non-hydrogen) atoms. The highest BCUT2D eigenvalue weighted by atomic mass is 32.2. The van der Waals surface area contributed by atoms with Crippen molar-refractivity contribution in [1.29, 1.82) is 0 Å². The number of carbonyl (C=O) groups is 1. The van der Waals surface area contributed by atoms with E-state index in [1.165, 1.54) is 18.6 Å². The molecule has 0 bridgehead atoms. The number of carboxylic acid groups (broad SMARTS) is 1. The lowest BCUT2D eigenvalue weighted by molar-refractivity contribution is -0.141. The van der Waals surface area contributed by atoms with Crippen LogP contribution in [0.3, 0.4) is 0 Å². The molecule has 13 heteroatoms. The van der Waals surface area contributed by atoms with Crippen LogP contribution in [0.1, 0.15) is 12.8 Å². The quantitative estimate of drug-likeness (QED) is 0.424. The van der Waals surface area contributed by atoms with Crippen molar-refractivity contribution in [3.8, 4) is 11.5 Å². The van der Waals surface area contributed by atoms with Gasteiger partial charge in [0.05, 0.1) is 18.8 Å². The molecular weight excluding hydrogens is 344 g/mol. The summed E-state index contributed by atoms with van der Waals surface area (Å²) < 4.78 is 32.3. The van der Waals surface area contributed by atoms with Gasteiger partial charge >= 0.3 is 5.97 Å². The maximum absolute atomic E-state index is 11.8. The van der Waals surface area contributed by atoms with Crippen molar-refractivity contribution in [2.45, 2.75) is 25.6 Å². The van der Waals surface area contributed by atoms with Gasteiger partial charge in [-0.25, -0.2) is 4.98 Å². The summed E-state index contributed by atoms with van der Waals surface area (Å²) in [5.74, 6) is -1.46. The third-order valence-corrected chi connectivity index (χ3v) is 3.79. The van der Waals surface area contributed by atoms with Crippen LogP contribution in [-0.4, -0.2) is 56.9 Å². The number of aliphatic hydroxyl groups is 1. The lowest BCUT2D eigenvalue weighted by Gasteiger charge is -2.16. The fourth-order valence-electron chi connectivity index (χ4n) is 1.57. The summed E-state index contributed by atoms with van der Waals surface area (Å²) in [5.41, 5.74) is 0.341. The van der Waals surface area contributed by atoms with Crippen LogP contribution in [0.5, 0.6) is 0 Å². The van der Waals surface area contributed by atoms with Gasteiger partial charge in [-0.15, -0.1) is 0 Å². The molecule has 0 saturated heterocycles. The predicted molar refractivity (Wildman–Crippen MR) is 77.3 cm³/mol. The molecule has 2 heterocycles. The Labute approximate surface area is 136 Å². The number of nitrogens with zero attached hydrogens (tertiary/aromatic N) is 4. The van der Waals surface area contributed by atoms with Crippen LogP contribution in [0.15, 0.2) is 23.1 Å². The minimum absolute atomic E-state index is 0.0649. The van der Waals surface area contributed by atoms with Crippen LogP contribution < -0.4 is 9.44 Å². The van der Waals surface area contributed by atoms with Gasteiger partial charge in [0.1, 0.15) is 11.7 Å². The standard InChI is InChI=1S/C11H14N6O6S/c1-6(18)9(11(19)20)17-24(21,22)14-5-8-15-10(16-23-8)7-4-12-2-3-13-7/h2-4,6,9,14,17-18H,5H2,1H3,(H,19,20)/t6?,9-/m0/s1. The topological polar surface area (TPSA) is 180 Å². The number of aliphatic hydroxyl groups excluding tert-OH is 1. The van der Waals surface area contributed by atoms with Gasteiger partial charge in [-0.1, -0.05) is 5.16 Å². The molecule has 2 atom stereocenters. The largest absolute Gasteiger partial charge is 0.480 e. The van der Waals surface area contributed by atoms with E-state index < -0.39 is 28.3 Å². The molecule has 2 rings (SSSR count). The second-order valence-electron chi connectivity index (χ2n) is 4.60. The van der Waals surface area contributed by atoms with E-state index in [1.807, 2.05) is 4.72 Å². The van der Waals surface area contributed by atoms with Crippen molar-refractivity contribution < 1.29 is 27.9 Å². The van der Waals surface area contributed by atoms with Gasteiger partial charge in [0.15, 0.2) is 0 Å². The summed E-state index contributed by atoms with van der Waals surface area (Å²) in [6, 6.07) is -1.69. The summed E-state index contributed by atoms with van der Waals surface area (Å²) in [6.45, 7) is 0.765. The summed E-state index contributed by atoms with van der Waals surface area (Å²) in [7, 11) is -4.22. The van der Waals surface area contributed by atoms with Crippen LogP contribution >= 0.6 is 0 Å². The molecule has 0 radical (unpaired) electrons. The number of aromatic nitrogens is 4. The van der Waals surface area contributed by atoms with E-state index in [2.05, 4.69) is 20.1 Å². The first-order valence-corrected chi connectivity index (χ1v) is 8.03. The lowest BCUT2D eigenvalue weighted by Crippen LogP contribution is -2.51. The summed E-state index contributed by atoms with van der Waals surface area (Å²) in [4.78, 5) is 22.6. The van der Waals surface area contributed by atoms with E-state index in [1.54, 1.807) is 4.72 Å². The molecule has 0 aromatic carbocycles. The van der Waals surface area contributed by atoms with E-state index >= 15 is 0 Å². The fraction of sp³-hybridized carbons (Fsp3) is 0.364. The van der Waals surface area contributed by atoms with Gasteiger partial charge in [-0.3, -0.25) is 9.78 Å². The van der Waals surface area contributed by atoms with Gasteiger partial charge in [0.2, 0.25) is 11.7 Å². The smallest absolute Gasteiger partial charge is 0.324 e. The number of carboxylic acids is 1. The van der Waals surface area contributed by atoms with Crippen molar-refractivity contribution in [2.75, 3.05) is 0 Å². The molecular formula is C11H14N6O6S. The maximum atomic E-state index is 11.8. The molecule has 130 valence electrons. The highest BCUT2D eigenvalue weighted by Crippen LogP contribution is 2.10. The zero-order valence-corrected chi connectivity index (χ0v) is 13.1. The molecule has 0 spiro atoms. The third kappa shape index (κ3) is 4.76. The first-order valence-electron chi connectivity index (χ1n) is 6.55. The highest BCUT2D eigenvalue weighted by Gasteiger charge is 2.28. The molecule has 2 aromatic rings. The van der Waals surface area contributed by atoms with Crippen molar-refractivity contribution >= 4 is 16.2 Å². The van der Waals surface area contributed by atoms with Gasteiger partial charge < -0.3 is 14.7 Å². The van der Waals surface area contributed by atoms with Crippen LogP contribution in [0, 0.1) is 0 Å². The molecule has 0 saturated carbocycles. The van der Waals surface area contributed by atoms with E-state index in [0.717, 1.165) is 6.92 Å². The number of hydrogen-bond acceptors (Lipinski definition) is 9.